The molecule has 0 aromatic carbocycles. The van der Waals surface area contributed by atoms with Gasteiger partial charge in [0.25, 0.3) is 0 Å². The molecule has 0 aromatic rings. The zero-order valence-electron chi connectivity index (χ0n) is 19.0. The molecule has 3 heteroatoms. The monoisotopic (exact) mass is 387 g/mol. The summed E-state index contributed by atoms with van der Waals surface area (Å²) >= 11 is 0. The predicted molar refractivity (Wildman–Crippen MR) is 110 cm³/mol. The van der Waals surface area contributed by atoms with Gasteiger partial charge in [-0.1, -0.05) is 12.8 Å². The molecule has 2 aliphatic heterocycles. The minimum atomic E-state index is 0. The van der Waals surface area contributed by atoms with Crippen LogP contribution in [-0.2, 0) is 0 Å². The summed E-state index contributed by atoms with van der Waals surface area (Å²) in [4.78, 5) is 5.17. The van der Waals surface area contributed by atoms with Crippen LogP contribution in [0.3, 0.4) is 0 Å². The molecule has 0 amide bonds. The number of hydrogen-bond donors (Lipinski definition) is 0. The van der Waals surface area contributed by atoms with Gasteiger partial charge in [0.15, 0.2) is 0 Å². The Morgan fingerprint density at radius 2 is 1.23 bits per heavy atom. The van der Waals surface area contributed by atoms with Gasteiger partial charge < -0.3 is 18.7 Å². The van der Waals surface area contributed by atoms with Gasteiger partial charge in [0.1, 0.15) is 0 Å². The van der Waals surface area contributed by atoms with E-state index in [1.807, 2.05) is 0 Å². The quantitative estimate of drug-likeness (QED) is 0.465. The molecule has 0 radical (unpaired) electrons. The van der Waals surface area contributed by atoms with Gasteiger partial charge in [-0.2, -0.15) is 11.8 Å². The maximum atomic E-state index is 4.13. The fraction of sp³-hybridized carbons (Fsp3) is 0.913. The molecular weight excluding hydrogens is 343 g/mol. The van der Waals surface area contributed by atoms with Gasteiger partial charge in [-0.3, -0.25) is 4.90 Å². The maximum Gasteiger partial charge on any atom is 1.00 e. The molecule has 3 rings (SSSR count). The van der Waals surface area contributed by atoms with Crippen molar-refractivity contribution in [2.45, 2.75) is 91.1 Å². The van der Waals surface area contributed by atoms with Crippen LogP contribution in [0, 0.1) is 31.1 Å². The van der Waals surface area contributed by atoms with E-state index in [0.717, 1.165) is 18.5 Å². The van der Waals surface area contributed by atoms with Crippen molar-refractivity contribution in [1.82, 2.24) is 9.80 Å². The summed E-state index contributed by atoms with van der Waals surface area (Å²) in [5, 5.41) is 0. The molecule has 0 bridgehead atoms. The van der Waals surface area contributed by atoms with Gasteiger partial charge in [-0.25, -0.2) is 0 Å². The van der Waals surface area contributed by atoms with Crippen LogP contribution >= 0.6 is 0 Å². The minimum Gasteiger partial charge on any atom is -0.339 e. The largest absolute Gasteiger partial charge is 1.00 e. The van der Waals surface area contributed by atoms with Crippen LogP contribution < -0.4 is 51.4 Å². The van der Waals surface area contributed by atoms with Gasteiger partial charge in [0, 0.05) is 17.6 Å². The van der Waals surface area contributed by atoms with Gasteiger partial charge >= 0.3 is 51.4 Å². The van der Waals surface area contributed by atoms with Gasteiger partial charge in [0.05, 0.1) is 0 Å². The molecule has 148 valence electrons. The standard InChI is InChI=1S/C12H23N.C11H21N.K/c1-11(2,3)13-9-8-12(10-13)6-4-5-7-12;1-9-6-10(2)8-12(7-9)11(3,4)5;/h4-10H2,1-3H3;9-10H,1-2,6-8H2,3-5H3;/q;-2;+1. The Morgan fingerprint density at radius 1 is 0.769 bits per heavy atom. The van der Waals surface area contributed by atoms with Gasteiger partial charge in [-0.15, -0.1) is 6.42 Å². The first-order chi connectivity index (χ1) is 11.4. The number of likely N-dealkylation sites (tertiary alicyclic amines) is 2. The van der Waals surface area contributed by atoms with E-state index in [4.69, 9.17) is 0 Å². The van der Waals surface area contributed by atoms with Crippen molar-refractivity contribution >= 4 is 0 Å². The molecule has 2 atom stereocenters. The molecule has 3 fully saturated rings. The van der Waals surface area contributed by atoms with E-state index in [1.165, 1.54) is 51.6 Å². The van der Waals surface area contributed by atoms with Gasteiger partial charge in [0.2, 0.25) is 0 Å². The van der Waals surface area contributed by atoms with Crippen LogP contribution in [0.2, 0.25) is 0 Å². The average molecular weight is 388 g/mol. The molecule has 26 heavy (non-hydrogen) atoms. The van der Waals surface area contributed by atoms with Crippen molar-refractivity contribution in [1.29, 1.82) is 0 Å². The van der Waals surface area contributed by atoms with Gasteiger partial charge in [-0.05, 0) is 85.9 Å². The first-order valence-corrected chi connectivity index (χ1v) is 10.6. The number of hydrogen-bond acceptors (Lipinski definition) is 2. The predicted octanol–water partition coefficient (Wildman–Crippen LogP) is 2.45. The minimum absolute atomic E-state index is 0. The fourth-order valence-electron chi connectivity index (χ4n) is 4.91. The van der Waals surface area contributed by atoms with Crippen LogP contribution in [0.4, 0.5) is 0 Å². The molecule has 1 aliphatic carbocycles. The van der Waals surface area contributed by atoms with Crippen LogP contribution in [0.15, 0.2) is 0 Å². The van der Waals surface area contributed by atoms with Crippen molar-refractivity contribution in [2.24, 2.45) is 17.3 Å². The molecule has 3 aliphatic rings. The smallest absolute Gasteiger partial charge is 0.339 e. The Balaban J connectivity index is 0.000000251. The Bertz CT molecular complexity index is 405. The summed E-state index contributed by atoms with van der Waals surface area (Å²) in [6.07, 6.45) is 8.62. The summed E-state index contributed by atoms with van der Waals surface area (Å²) in [6, 6.07) is 0. The van der Waals surface area contributed by atoms with Crippen molar-refractivity contribution in [3.8, 4) is 0 Å². The molecule has 2 saturated heterocycles. The fourth-order valence-corrected chi connectivity index (χ4v) is 4.91. The Kier molecular flexibility index (Phi) is 9.89. The average Bonchev–Trinajstić information content (AvgIpc) is 3.08. The van der Waals surface area contributed by atoms with Crippen LogP contribution in [0.1, 0.15) is 80.1 Å². The van der Waals surface area contributed by atoms with Crippen molar-refractivity contribution in [2.75, 3.05) is 26.2 Å². The molecule has 2 unspecified atom stereocenters. The third-order valence-corrected chi connectivity index (χ3v) is 6.62. The second-order valence-corrected chi connectivity index (χ2v) is 11.1. The third kappa shape index (κ3) is 7.43. The molecule has 1 saturated carbocycles. The summed E-state index contributed by atoms with van der Waals surface area (Å²) < 4.78 is 0. The van der Waals surface area contributed by atoms with E-state index in [-0.39, 0.29) is 56.9 Å². The topological polar surface area (TPSA) is 6.48 Å². The number of piperidine rings is 1. The molecule has 2 nitrogen and oxygen atoms in total. The Morgan fingerprint density at radius 3 is 1.62 bits per heavy atom. The second kappa shape index (κ2) is 10.0. The Labute approximate surface area is 207 Å². The molecule has 2 heterocycles. The van der Waals surface area contributed by atoms with E-state index < -0.39 is 0 Å². The van der Waals surface area contributed by atoms with E-state index in [2.05, 4.69) is 65.2 Å². The summed E-state index contributed by atoms with van der Waals surface area (Å²) in [5.74, 6) is 1.14. The third-order valence-electron chi connectivity index (χ3n) is 6.62. The van der Waals surface area contributed by atoms with E-state index >= 15 is 0 Å². The SMILES string of the molecule is CC(C)(C)N1CCC2(CCCC2)C1.[CH2-]C1CC([CH2-])CN(C(C)(C)C)C1.[K+]. The zero-order valence-corrected chi connectivity index (χ0v) is 22.2. The molecule has 1 spiro atoms. The van der Waals surface area contributed by atoms with Crippen LogP contribution in [0.25, 0.3) is 0 Å². The van der Waals surface area contributed by atoms with Crippen molar-refractivity contribution in [3.63, 3.8) is 0 Å². The number of nitrogens with zero attached hydrogens (tertiary/aromatic N) is 2. The second-order valence-electron chi connectivity index (χ2n) is 11.1. The normalized spacial score (nSPS) is 30.0. The summed E-state index contributed by atoms with van der Waals surface area (Å²) in [5.41, 5.74) is 1.42. The van der Waals surface area contributed by atoms with Crippen molar-refractivity contribution in [3.05, 3.63) is 13.8 Å². The van der Waals surface area contributed by atoms with E-state index in [9.17, 15) is 0 Å². The van der Waals surface area contributed by atoms with Crippen LogP contribution in [-0.4, -0.2) is 47.1 Å². The first-order valence-electron chi connectivity index (χ1n) is 10.6. The van der Waals surface area contributed by atoms with E-state index in [1.54, 1.807) is 0 Å². The van der Waals surface area contributed by atoms with Crippen LogP contribution in [0.5, 0.6) is 0 Å². The van der Waals surface area contributed by atoms with E-state index in [0.29, 0.717) is 17.4 Å². The van der Waals surface area contributed by atoms with Crippen molar-refractivity contribution < 1.29 is 51.4 Å². The molecular formula is C23H44KN2-. The zero-order chi connectivity index (χ0) is 18.9. The summed E-state index contributed by atoms with van der Waals surface area (Å²) in [7, 11) is 0. The molecule has 0 N–H and O–H groups in total. The molecule has 0 aromatic heterocycles. The Hall–Kier alpha value is 1.56. The maximum absolute atomic E-state index is 4.13. The number of rotatable bonds is 0. The summed E-state index contributed by atoms with van der Waals surface area (Å²) in [6.45, 7) is 27.1. The first kappa shape index (κ1) is 25.6.